The van der Waals surface area contributed by atoms with Gasteiger partial charge in [-0.1, -0.05) is 23.4 Å². The molecule has 3 rings (SSSR count). The molecule has 7 heteroatoms. The molecule has 1 fully saturated rings. The third kappa shape index (κ3) is 4.36. The van der Waals surface area contributed by atoms with Gasteiger partial charge in [0.05, 0.1) is 0 Å². The zero-order valence-electron chi connectivity index (χ0n) is 14.5. The first-order valence-corrected chi connectivity index (χ1v) is 8.46. The maximum absolute atomic E-state index is 13.7. The highest BCUT2D eigenvalue weighted by molar-refractivity contribution is 5.90. The molecule has 1 saturated heterocycles. The summed E-state index contributed by atoms with van der Waals surface area (Å²) in [7, 11) is 0. The quantitative estimate of drug-likeness (QED) is 0.873. The molecule has 2 aromatic rings. The minimum absolute atomic E-state index is 0.164. The summed E-state index contributed by atoms with van der Waals surface area (Å²) >= 11 is 0. The number of carbonyl (C=O) groups is 1. The van der Waals surface area contributed by atoms with Gasteiger partial charge in [0.25, 0.3) is 0 Å². The smallest absolute Gasteiger partial charge is 0.319 e. The molecule has 0 unspecified atom stereocenters. The number of hydrogen-bond donors (Lipinski definition) is 2. The first-order chi connectivity index (χ1) is 12.0. The fourth-order valence-corrected chi connectivity index (χ4v) is 3.15. The summed E-state index contributed by atoms with van der Waals surface area (Å²) in [5.41, 5.74) is 1.99. The van der Waals surface area contributed by atoms with E-state index in [1.807, 2.05) is 12.1 Å². The lowest BCUT2D eigenvalue weighted by Crippen LogP contribution is -2.34. The number of nitrogens with zero attached hydrogens (tertiary/aromatic N) is 2. The Kier molecular flexibility index (Phi) is 5.33. The molecule has 1 aromatic carbocycles. The van der Waals surface area contributed by atoms with Crippen LogP contribution in [-0.2, 0) is 6.54 Å². The number of halogens is 1. The highest BCUT2D eigenvalue weighted by Gasteiger charge is 2.23. The van der Waals surface area contributed by atoms with Crippen molar-refractivity contribution in [2.45, 2.75) is 26.8 Å². The molecule has 0 bridgehead atoms. The van der Waals surface area contributed by atoms with Crippen molar-refractivity contribution in [1.82, 2.24) is 15.4 Å². The Hall–Kier alpha value is -2.41. The van der Waals surface area contributed by atoms with Gasteiger partial charge in [-0.2, -0.15) is 0 Å². The third-order valence-corrected chi connectivity index (χ3v) is 4.54. The van der Waals surface area contributed by atoms with Crippen LogP contribution in [0.4, 0.5) is 14.9 Å². The minimum atomic E-state index is -0.262. The Morgan fingerprint density at radius 1 is 1.40 bits per heavy atom. The van der Waals surface area contributed by atoms with Gasteiger partial charge in [0.15, 0.2) is 5.76 Å². The number of urea groups is 1. The molecule has 134 valence electrons. The molecular formula is C18H23FN4O2. The lowest BCUT2D eigenvalue weighted by Gasteiger charge is -2.17. The monoisotopic (exact) mass is 346 g/mol. The number of benzene rings is 1. The Labute approximate surface area is 146 Å². The number of hydrogen-bond acceptors (Lipinski definition) is 4. The van der Waals surface area contributed by atoms with Gasteiger partial charge in [0.1, 0.15) is 17.2 Å². The lowest BCUT2D eigenvalue weighted by molar-refractivity contribution is 0.249. The SMILES string of the molecule is Cc1noc(C)c1NC(=O)NC[C@@H]1CCN(Cc2ccccc2F)C1. The Morgan fingerprint density at radius 3 is 2.92 bits per heavy atom. The van der Waals surface area contributed by atoms with E-state index in [9.17, 15) is 9.18 Å². The molecule has 0 spiro atoms. The highest BCUT2D eigenvalue weighted by Crippen LogP contribution is 2.20. The number of carbonyl (C=O) groups excluding carboxylic acids is 1. The van der Waals surface area contributed by atoms with Gasteiger partial charge in [-0.15, -0.1) is 0 Å². The molecule has 0 radical (unpaired) electrons. The van der Waals surface area contributed by atoms with Crippen molar-refractivity contribution in [3.8, 4) is 0 Å². The van der Waals surface area contributed by atoms with Crippen LogP contribution in [0, 0.1) is 25.6 Å². The molecule has 2 N–H and O–H groups in total. The summed E-state index contributed by atoms with van der Waals surface area (Å²) in [6, 6.07) is 6.60. The molecule has 6 nitrogen and oxygen atoms in total. The molecule has 2 heterocycles. The van der Waals surface area contributed by atoms with Gasteiger partial charge in [-0.05, 0) is 38.8 Å². The summed E-state index contributed by atoms with van der Waals surface area (Å²) in [4.78, 5) is 14.3. The maximum atomic E-state index is 13.7. The van der Waals surface area contributed by atoms with Crippen LogP contribution in [0.1, 0.15) is 23.4 Å². The van der Waals surface area contributed by atoms with E-state index in [0.29, 0.717) is 41.7 Å². The summed E-state index contributed by atoms with van der Waals surface area (Å²) in [6.45, 7) is 6.49. The summed E-state index contributed by atoms with van der Waals surface area (Å²) in [5.74, 6) is 0.787. The van der Waals surface area contributed by atoms with E-state index in [4.69, 9.17) is 4.52 Å². The van der Waals surface area contributed by atoms with Crippen LogP contribution in [0.15, 0.2) is 28.8 Å². The van der Waals surface area contributed by atoms with Crippen molar-refractivity contribution in [3.63, 3.8) is 0 Å². The van der Waals surface area contributed by atoms with Crippen LogP contribution in [0.2, 0.25) is 0 Å². The highest BCUT2D eigenvalue weighted by atomic mass is 19.1. The predicted octanol–water partition coefficient (Wildman–Crippen LogP) is 3.07. The van der Waals surface area contributed by atoms with Crippen LogP contribution in [-0.4, -0.2) is 35.7 Å². The number of aromatic nitrogens is 1. The van der Waals surface area contributed by atoms with Crippen LogP contribution >= 0.6 is 0 Å². The van der Waals surface area contributed by atoms with Crippen molar-refractivity contribution >= 4 is 11.7 Å². The predicted molar refractivity (Wildman–Crippen MR) is 92.8 cm³/mol. The van der Waals surface area contributed by atoms with Crippen LogP contribution in [0.5, 0.6) is 0 Å². The summed E-state index contributed by atoms with van der Waals surface area (Å²) in [5, 5.41) is 9.47. The van der Waals surface area contributed by atoms with Crippen molar-refractivity contribution in [2.24, 2.45) is 5.92 Å². The van der Waals surface area contributed by atoms with Crippen LogP contribution in [0.3, 0.4) is 0 Å². The molecule has 1 aromatic heterocycles. The number of rotatable bonds is 5. The molecule has 1 atom stereocenters. The normalized spacial score (nSPS) is 17.6. The second-order valence-corrected chi connectivity index (χ2v) is 6.52. The molecule has 2 amide bonds. The number of likely N-dealkylation sites (tertiary alicyclic amines) is 1. The zero-order chi connectivity index (χ0) is 17.8. The van der Waals surface area contributed by atoms with Gasteiger partial charge in [0.2, 0.25) is 0 Å². The van der Waals surface area contributed by atoms with Gasteiger partial charge in [-0.25, -0.2) is 9.18 Å². The van der Waals surface area contributed by atoms with Gasteiger partial charge >= 0.3 is 6.03 Å². The van der Waals surface area contributed by atoms with E-state index in [-0.39, 0.29) is 11.8 Å². The first-order valence-electron chi connectivity index (χ1n) is 8.46. The minimum Gasteiger partial charge on any atom is -0.359 e. The Balaban J connectivity index is 1.44. The molecule has 0 saturated carbocycles. The van der Waals surface area contributed by atoms with Gasteiger partial charge in [-0.3, -0.25) is 4.90 Å². The average molecular weight is 346 g/mol. The molecular weight excluding hydrogens is 323 g/mol. The maximum Gasteiger partial charge on any atom is 0.319 e. The van der Waals surface area contributed by atoms with Crippen LogP contribution < -0.4 is 10.6 Å². The molecule has 1 aliphatic heterocycles. The van der Waals surface area contributed by atoms with E-state index in [1.165, 1.54) is 6.07 Å². The second-order valence-electron chi connectivity index (χ2n) is 6.52. The zero-order valence-corrected chi connectivity index (χ0v) is 14.5. The average Bonchev–Trinajstić information content (AvgIpc) is 3.16. The fourth-order valence-electron chi connectivity index (χ4n) is 3.15. The summed E-state index contributed by atoms with van der Waals surface area (Å²) in [6.07, 6.45) is 0.986. The Bertz CT molecular complexity index is 727. The first kappa shape index (κ1) is 17.4. The van der Waals surface area contributed by atoms with E-state index in [2.05, 4.69) is 20.7 Å². The van der Waals surface area contributed by atoms with E-state index in [1.54, 1.807) is 19.9 Å². The van der Waals surface area contributed by atoms with Crippen molar-refractivity contribution in [2.75, 3.05) is 25.0 Å². The molecule has 1 aliphatic rings. The largest absolute Gasteiger partial charge is 0.359 e. The van der Waals surface area contributed by atoms with Gasteiger partial charge in [0, 0.05) is 25.2 Å². The van der Waals surface area contributed by atoms with Crippen molar-refractivity contribution < 1.29 is 13.7 Å². The van der Waals surface area contributed by atoms with Crippen molar-refractivity contribution in [3.05, 3.63) is 47.1 Å². The van der Waals surface area contributed by atoms with E-state index >= 15 is 0 Å². The van der Waals surface area contributed by atoms with Crippen LogP contribution in [0.25, 0.3) is 0 Å². The topological polar surface area (TPSA) is 70.4 Å². The van der Waals surface area contributed by atoms with E-state index in [0.717, 1.165) is 19.5 Å². The third-order valence-electron chi connectivity index (χ3n) is 4.54. The summed E-state index contributed by atoms with van der Waals surface area (Å²) < 4.78 is 18.8. The molecule has 0 aliphatic carbocycles. The molecule has 25 heavy (non-hydrogen) atoms. The second kappa shape index (κ2) is 7.65. The van der Waals surface area contributed by atoms with Crippen molar-refractivity contribution in [1.29, 1.82) is 0 Å². The van der Waals surface area contributed by atoms with E-state index < -0.39 is 0 Å². The fraction of sp³-hybridized carbons (Fsp3) is 0.444. The van der Waals surface area contributed by atoms with Gasteiger partial charge < -0.3 is 15.2 Å². The number of amides is 2. The number of nitrogens with one attached hydrogen (secondary N) is 2. The standard InChI is InChI=1S/C18H23FN4O2/c1-12-17(13(2)25-22-12)21-18(24)20-9-14-7-8-23(10-14)11-15-5-3-4-6-16(15)19/h3-6,14H,7-11H2,1-2H3,(H2,20,21,24)/t14-/m0/s1. The Morgan fingerprint density at radius 2 is 2.20 bits per heavy atom. The lowest BCUT2D eigenvalue weighted by atomic mass is 10.1. The number of aryl methyl sites for hydroxylation is 2. The number of anilines is 1.